The van der Waals surface area contributed by atoms with Crippen LogP contribution >= 0.6 is 0 Å². The maximum atomic E-state index is 11.6. The minimum absolute atomic E-state index is 0. The monoisotopic (exact) mass is 490 g/mol. The van der Waals surface area contributed by atoms with Crippen LogP contribution in [-0.4, -0.2) is 44.2 Å². The van der Waals surface area contributed by atoms with E-state index in [4.69, 9.17) is 19.8 Å². The van der Waals surface area contributed by atoms with E-state index in [1.807, 2.05) is 6.92 Å². The first kappa shape index (κ1) is 33.2. The summed E-state index contributed by atoms with van der Waals surface area (Å²) in [5.74, 6) is -0.948. The predicted octanol–water partition coefficient (Wildman–Crippen LogP) is 4.35. The van der Waals surface area contributed by atoms with Crippen molar-refractivity contribution in [2.24, 2.45) is 5.73 Å². The van der Waals surface area contributed by atoms with Gasteiger partial charge in [-0.1, -0.05) is 70.1 Å². The van der Waals surface area contributed by atoms with E-state index in [2.05, 4.69) is 13.8 Å². The Labute approximate surface area is 198 Å². The topological polar surface area (TPSA) is 168 Å². The molecule has 0 heterocycles. The highest BCUT2D eigenvalue weighted by molar-refractivity contribution is 7.85. The van der Waals surface area contributed by atoms with Crippen LogP contribution in [0.2, 0.25) is 0 Å². The molecule has 0 aliphatic rings. The van der Waals surface area contributed by atoms with E-state index in [1.165, 1.54) is 12.1 Å². The predicted molar refractivity (Wildman–Crippen MR) is 129 cm³/mol. The third-order valence-electron chi connectivity index (χ3n) is 4.51. The highest BCUT2D eigenvalue weighted by Gasteiger charge is 2.19. The van der Waals surface area contributed by atoms with Crippen molar-refractivity contribution in [3.8, 4) is 0 Å². The van der Waals surface area contributed by atoms with Crippen molar-refractivity contribution in [2.45, 2.75) is 89.5 Å². The van der Waals surface area contributed by atoms with Crippen LogP contribution in [0.15, 0.2) is 29.2 Å². The molecular weight excluding hydrogens is 448 g/mol. The molecule has 1 atom stereocenters. The summed E-state index contributed by atoms with van der Waals surface area (Å²) < 4.78 is 39.6. The summed E-state index contributed by atoms with van der Waals surface area (Å²) in [5.41, 5.74) is 6.59. The number of esters is 2. The molecule has 9 nitrogen and oxygen atoms in total. The molecule has 0 saturated carbocycles. The molecule has 0 aliphatic carbocycles. The lowest BCUT2D eigenvalue weighted by Crippen LogP contribution is -2.35. The smallest absolute Gasteiger partial charge is 0.323 e. The van der Waals surface area contributed by atoms with Gasteiger partial charge in [-0.3, -0.25) is 14.1 Å². The molecule has 0 saturated heterocycles. The summed E-state index contributed by atoms with van der Waals surface area (Å²) in [4.78, 5) is 23.0. The summed E-state index contributed by atoms with van der Waals surface area (Å²) >= 11 is 0. The second-order valence-corrected chi connectivity index (χ2v) is 9.03. The summed E-state index contributed by atoms with van der Waals surface area (Å²) in [6.07, 6.45) is 8.23. The van der Waals surface area contributed by atoms with Crippen LogP contribution in [0, 0.1) is 6.92 Å². The third-order valence-corrected chi connectivity index (χ3v) is 5.38. The molecular formula is C23H42N2O7S. The first-order valence-corrected chi connectivity index (χ1v) is 12.7. The Morgan fingerprint density at radius 3 is 1.85 bits per heavy atom. The van der Waals surface area contributed by atoms with E-state index in [1.54, 1.807) is 12.1 Å². The largest absolute Gasteiger partial charge is 0.466 e. The van der Waals surface area contributed by atoms with Crippen molar-refractivity contribution in [1.29, 1.82) is 0 Å². The number of nitrogens with two attached hydrogens (primary N) is 1. The number of hydrogen-bond donors (Lipinski definition) is 3. The number of hydrogen-bond acceptors (Lipinski definition) is 8. The SMILES string of the molecule is CCCCCCOC(=O)C[C@H](N)C(=O)OCCCCCC.Cc1ccc(S(=O)(=O)O)cc1.N. The van der Waals surface area contributed by atoms with Crippen molar-refractivity contribution in [3.63, 3.8) is 0 Å². The molecule has 10 heteroatoms. The number of carbonyl (C=O) groups excluding carboxylic acids is 2. The van der Waals surface area contributed by atoms with E-state index in [0.29, 0.717) is 13.2 Å². The van der Waals surface area contributed by atoms with Gasteiger partial charge in [0.2, 0.25) is 0 Å². The minimum Gasteiger partial charge on any atom is -0.466 e. The zero-order valence-electron chi connectivity index (χ0n) is 20.3. The van der Waals surface area contributed by atoms with Gasteiger partial charge in [-0.05, 0) is 31.9 Å². The molecule has 1 aromatic rings. The molecule has 192 valence electrons. The zero-order chi connectivity index (χ0) is 24.4. The Balaban J connectivity index is 0. The van der Waals surface area contributed by atoms with E-state index in [0.717, 1.165) is 56.9 Å². The second kappa shape index (κ2) is 19.5. The van der Waals surface area contributed by atoms with Gasteiger partial charge in [0.15, 0.2) is 0 Å². The molecule has 0 aliphatic heterocycles. The van der Waals surface area contributed by atoms with Crippen molar-refractivity contribution < 1.29 is 32.0 Å². The fourth-order valence-electron chi connectivity index (χ4n) is 2.56. The summed E-state index contributed by atoms with van der Waals surface area (Å²) in [6, 6.07) is 5.07. The zero-order valence-corrected chi connectivity index (χ0v) is 21.1. The second-order valence-electron chi connectivity index (χ2n) is 7.61. The van der Waals surface area contributed by atoms with Crippen molar-refractivity contribution in [1.82, 2.24) is 6.15 Å². The standard InChI is InChI=1S/C16H31NO4.C7H8O3S.H3N/c1-3-5-7-9-11-20-15(18)13-14(17)16(19)21-12-10-8-6-4-2;1-6-2-4-7(5-3-6)11(8,9)10;/h14H,3-13,17H2,1-2H3;2-5H,1H3,(H,8,9,10);1H3/t14-;;/m0../s1. The van der Waals surface area contributed by atoms with Crippen molar-refractivity contribution in [2.75, 3.05) is 13.2 Å². The molecule has 0 aromatic heterocycles. The Hall–Kier alpha value is -2.01. The van der Waals surface area contributed by atoms with Gasteiger partial charge in [-0.15, -0.1) is 0 Å². The van der Waals surface area contributed by atoms with Gasteiger partial charge in [-0.25, -0.2) is 0 Å². The number of unbranched alkanes of at least 4 members (excludes halogenated alkanes) is 6. The Bertz CT molecular complexity index is 753. The minimum atomic E-state index is -4.02. The van der Waals surface area contributed by atoms with E-state index in [-0.39, 0.29) is 17.5 Å². The number of aryl methyl sites for hydroxylation is 1. The third kappa shape index (κ3) is 18.1. The molecule has 6 N–H and O–H groups in total. The van der Waals surface area contributed by atoms with E-state index in [9.17, 15) is 18.0 Å². The van der Waals surface area contributed by atoms with Gasteiger partial charge in [0.1, 0.15) is 6.04 Å². The Morgan fingerprint density at radius 1 is 0.909 bits per heavy atom. The average molecular weight is 491 g/mol. The molecule has 0 bridgehead atoms. The average Bonchev–Trinajstić information content (AvgIpc) is 2.73. The van der Waals surface area contributed by atoms with Crippen LogP contribution in [0.5, 0.6) is 0 Å². The number of benzene rings is 1. The van der Waals surface area contributed by atoms with Gasteiger partial charge in [0.25, 0.3) is 10.1 Å². The summed E-state index contributed by atoms with van der Waals surface area (Å²) in [7, 11) is -4.02. The van der Waals surface area contributed by atoms with Gasteiger partial charge in [-0.2, -0.15) is 8.42 Å². The molecule has 1 rings (SSSR count). The maximum Gasteiger partial charge on any atom is 0.323 e. The first-order valence-electron chi connectivity index (χ1n) is 11.2. The van der Waals surface area contributed by atoms with Crippen LogP contribution < -0.4 is 11.9 Å². The summed E-state index contributed by atoms with van der Waals surface area (Å²) in [5, 5.41) is 0. The van der Waals surface area contributed by atoms with Gasteiger partial charge in [0, 0.05) is 0 Å². The van der Waals surface area contributed by atoms with Gasteiger partial charge in [0.05, 0.1) is 24.5 Å². The van der Waals surface area contributed by atoms with Crippen molar-refractivity contribution in [3.05, 3.63) is 29.8 Å². The molecule has 0 fully saturated rings. The lowest BCUT2D eigenvalue weighted by atomic mass is 10.2. The Morgan fingerprint density at radius 2 is 1.39 bits per heavy atom. The number of rotatable bonds is 14. The van der Waals surface area contributed by atoms with Gasteiger partial charge < -0.3 is 21.4 Å². The fourth-order valence-corrected chi connectivity index (χ4v) is 3.04. The van der Waals surface area contributed by atoms with Crippen LogP contribution in [0.1, 0.15) is 77.2 Å². The van der Waals surface area contributed by atoms with Crippen molar-refractivity contribution >= 4 is 22.1 Å². The Kier molecular flexibility index (Phi) is 19.6. The van der Waals surface area contributed by atoms with E-state index < -0.39 is 28.1 Å². The molecule has 0 unspecified atom stereocenters. The number of carbonyl (C=O) groups is 2. The lowest BCUT2D eigenvalue weighted by Gasteiger charge is -2.11. The molecule has 0 radical (unpaired) electrons. The highest BCUT2D eigenvalue weighted by Crippen LogP contribution is 2.08. The normalized spacial score (nSPS) is 11.4. The van der Waals surface area contributed by atoms with Crippen LogP contribution in [0.3, 0.4) is 0 Å². The first-order chi connectivity index (χ1) is 15.1. The maximum absolute atomic E-state index is 11.6. The molecule has 1 aromatic carbocycles. The van der Waals surface area contributed by atoms with Gasteiger partial charge >= 0.3 is 11.9 Å². The molecule has 33 heavy (non-hydrogen) atoms. The highest BCUT2D eigenvalue weighted by atomic mass is 32.2. The van der Waals surface area contributed by atoms with Crippen LogP contribution in [0.4, 0.5) is 0 Å². The molecule has 0 amide bonds. The van der Waals surface area contributed by atoms with Crippen LogP contribution in [-0.2, 0) is 29.2 Å². The lowest BCUT2D eigenvalue weighted by molar-refractivity contribution is -0.152. The molecule has 0 spiro atoms. The fraction of sp³-hybridized carbons (Fsp3) is 0.652. The quantitative estimate of drug-likeness (QED) is 0.195. The van der Waals surface area contributed by atoms with E-state index >= 15 is 0 Å². The van der Waals surface area contributed by atoms with Crippen LogP contribution in [0.25, 0.3) is 0 Å². The number of ether oxygens (including phenoxy) is 2. The summed E-state index contributed by atoms with van der Waals surface area (Å²) in [6.45, 7) is 6.86.